The van der Waals surface area contributed by atoms with E-state index in [2.05, 4.69) is 10.6 Å². The van der Waals surface area contributed by atoms with Crippen molar-refractivity contribution in [2.45, 2.75) is 12.5 Å². The van der Waals surface area contributed by atoms with E-state index in [1.54, 1.807) is 12.1 Å². The normalized spacial score (nSPS) is 20.6. The molecule has 76 valence electrons. The zero-order chi connectivity index (χ0) is 9.97. The second-order valence-corrected chi connectivity index (χ2v) is 3.62. The number of fused-ring (bicyclic) bond motifs is 1. The highest BCUT2D eigenvalue weighted by Gasteiger charge is 2.20. The fraction of sp³-hybridized carbons (Fsp3) is 0.455. The van der Waals surface area contributed by atoms with Crippen LogP contribution in [0.25, 0.3) is 0 Å². The summed E-state index contributed by atoms with van der Waals surface area (Å²) in [5.41, 5.74) is 1.98. The van der Waals surface area contributed by atoms with Gasteiger partial charge in [-0.05, 0) is 37.2 Å². The minimum atomic E-state index is -0.0647. The van der Waals surface area contributed by atoms with E-state index in [4.69, 9.17) is 0 Å². The fourth-order valence-corrected chi connectivity index (χ4v) is 2.03. The Morgan fingerprint density at radius 1 is 1.57 bits per heavy atom. The lowest BCUT2D eigenvalue weighted by atomic mass is 9.94. The quantitative estimate of drug-likeness (QED) is 0.740. The van der Waals surface area contributed by atoms with Gasteiger partial charge < -0.3 is 10.6 Å². The fourth-order valence-electron chi connectivity index (χ4n) is 2.03. The summed E-state index contributed by atoms with van der Waals surface area (Å²) in [5.74, 6) is -0.0647. The summed E-state index contributed by atoms with van der Waals surface area (Å²) in [4.78, 5) is 0. The predicted octanol–water partition coefficient (Wildman–Crippen LogP) is 1.23. The highest BCUT2D eigenvalue weighted by atomic mass is 19.1. The van der Waals surface area contributed by atoms with Crippen LogP contribution in [0.15, 0.2) is 18.2 Å². The van der Waals surface area contributed by atoms with E-state index in [1.165, 1.54) is 0 Å². The molecule has 0 spiro atoms. The molecule has 1 heterocycles. The molecule has 2 nitrogen and oxygen atoms in total. The van der Waals surface area contributed by atoms with E-state index >= 15 is 0 Å². The SMILES string of the molecule is CNCC1NCCc2c(F)cccc21. The topological polar surface area (TPSA) is 24.1 Å². The smallest absolute Gasteiger partial charge is 0.126 e. The number of rotatable bonds is 2. The van der Waals surface area contributed by atoms with Crippen LogP contribution in [0.5, 0.6) is 0 Å². The maximum absolute atomic E-state index is 13.4. The monoisotopic (exact) mass is 194 g/mol. The first-order chi connectivity index (χ1) is 6.83. The molecule has 0 radical (unpaired) electrons. The van der Waals surface area contributed by atoms with Crippen molar-refractivity contribution in [3.05, 3.63) is 35.1 Å². The van der Waals surface area contributed by atoms with Gasteiger partial charge in [-0.2, -0.15) is 0 Å². The standard InChI is InChI=1S/C11H15FN2/c1-13-7-11-9-3-2-4-10(12)8(9)5-6-14-11/h2-4,11,13-14H,5-7H2,1H3. The average Bonchev–Trinajstić information content (AvgIpc) is 2.20. The van der Waals surface area contributed by atoms with Crippen LogP contribution in [0.3, 0.4) is 0 Å². The molecule has 1 aromatic rings. The average molecular weight is 194 g/mol. The Hall–Kier alpha value is -0.930. The Bertz CT molecular complexity index is 325. The first-order valence-corrected chi connectivity index (χ1v) is 4.98. The van der Waals surface area contributed by atoms with Crippen LogP contribution >= 0.6 is 0 Å². The maximum Gasteiger partial charge on any atom is 0.126 e. The van der Waals surface area contributed by atoms with Gasteiger partial charge in [-0.25, -0.2) is 4.39 Å². The van der Waals surface area contributed by atoms with Crippen LogP contribution in [0.1, 0.15) is 17.2 Å². The molecule has 0 saturated carbocycles. The highest BCUT2D eigenvalue weighted by Crippen LogP contribution is 2.24. The van der Waals surface area contributed by atoms with Gasteiger partial charge in [0.05, 0.1) is 0 Å². The Balaban J connectivity index is 2.34. The molecule has 1 aliphatic rings. The van der Waals surface area contributed by atoms with Crippen molar-refractivity contribution < 1.29 is 4.39 Å². The molecule has 1 unspecified atom stereocenters. The van der Waals surface area contributed by atoms with Crippen LogP contribution in [0, 0.1) is 5.82 Å². The van der Waals surface area contributed by atoms with Crippen LogP contribution < -0.4 is 10.6 Å². The minimum Gasteiger partial charge on any atom is -0.318 e. The van der Waals surface area contributed by atoms with Gasteiger partial charge in [0.2, 0.25) is 0 Å². The summed E-state index contributed by atoms with van der Waals surface area (Å²) in [6.07, 6.45) is 0.794. The molecule has 0 aromatic heterocycles. The lowest BCUT2D eigenvalue weighted by Gasteiger charge is -2.26. The molecule has 0 aliphatic carbocycles. The molecule has 0 fully saturated rings. The molecule has 0 amide bonds. The Labute approximate surface area is 83.5 Å². The third kappa shape index (κ3) is 1.65. The largest absolute Gasteiger partial charge is 0.318 e. The van der Waals surface area contributed by atoms with Crippen LogP contribution in [0.4, 0.5) is 4.39 Å². The van der Waals surface area contributed by atoms with E-state index in [-0.39, 0.29) is 11.9 Å². The molecule has 1 aliphatic heterocycles. The van der Waals surface area contributed by atoms with Crippen molar-refractivity contribution in [2.24, 2.45) is 0 Å². The van der Waals surface area contributed by atoms with E-state index in [0.717, 1.165) is 30.6 Å². The third-order valence-electron chi connectivity index (χ3n) is 2.70. The van der Waals surface area contributed by atoms with Crippen molar-refractivity contribution in [1.29, 1.82) is 0 Å². The molecule has 1 atom stereocenters. The van der Waals surface area contributed by atoms with Gasteiger partial charge >= 0.3 is 0 Å². The summed E-state index contributed by atoms with van der Waals surface area (Å²) in [6.45, 7) is 1.71. The van der Waals surface area contributed by atoms with Crippen molar-refractivity contribution >= 4 is 0 Å². The lowest BCUT2D eigenvalue weighted by Crippen LogP contribution is -2.36. The summed E-state index contributed by atoms with van der Waals surface area (Å²) < 4.78 is 13.4. The third-order valence-corrected chi connectivity index (χ3v) is 2.70. The predicted molar refractivity (Wildman–Crippen MR) is 54.8 cm³/mol. The zero-order valence-corrected chi connectivity index (χ0v) is 8.31. The molecular weight excluding hydrogens is 179 g/mol. The minimum absolute atomic E-state index is 0.0647. The molecule has 2 rings (SSSR count). The number of hydrogen-bond acceptors (Lipinski definition) is 2. The molecular formula is C11H15FN2. The molecule has 0 bridgehead atoms. The first kappa shape index (κ1) is 9.62. The maximum atomic E-state index is 13.4. The van der Waals surface area contributed by atoms with Gasteiger partial charge in [0.1, 0.15) is 5.82 Å². The van der Waals surface area contributed by atoms with Gasteiger partial charge in [0, 0.05) is 12.6 Å². The summed E-state index contributed by atoms with van der Waals surface area (Å²) in [5, 5.41) is 6.49. The Morgan fingerprint density at radius 3 is 3.21 bits per heavy atom. The lowest BCUT2D eigenvalue weighted by molar-refractivity contribution is 0.471. The van der Waals surface area contributed by atoms with Gasteiger partial charge in [-0.15, -0.1) is 0 Å². The van der Waals surface area contributed by atoms with Crippen molar-refractivity contribution in [2.75, 3.05) is 20.1 Å². The van der Waals surface area contributed by atoms with Crippen molar-refractivity contribution in [3.63, 3.8) is 0 Å². The Kier molecular flexibility index (Phi) is 2.79. The van der Waals surface area contributed by atoms with Crippen LogP contribution in [-0.4, -0.2) is 20.1 Å². The molecule has 3 heteroatoms. The van der Waals surface area contributed by atoms with Gasteiger partial charge in [-0.3, -0.25) is 0 Å². The molecule has 1 aromatic carbocycles. The number of halogens is 1. The number of likely N-dealkylation sites (N-methyl/N-ethyl adjacent to an activating group) is 1. The van der Waals surface area contributed by atoms with Crippen LogP contribution in [-0.2, 0) is 6.42 Å². The second kappa shape index (κ2) is 4.07. The van der Waals surface area contributed by atoms with E-state index in [1.807, 2.05) is 13.1 Å². The number of nitrogens with one attached hydrogen (secondary N) is 2. The van der Waals surface area contributed by atoms with Crippen molar-refractivity contribution in [3.8, 4) is 0 Å². The molecule has 14 heavy (non-hydrogen) atoms. The van der Waals surface area contributed by atoms with E-state index in [0.29, 0.717) is 0 Å². The second-order valence-electron chi connectivity index (χ2n) is 3.62. The van der Waals surface area contributed by atoms with Crippen molar-refractivity contribution in [1.82, 2.24) is 10.6 Å². The number of benzene rings is 1. The van der Waals surface area contributed by atoms with E-state index in [9.17, 15) is 4.39 Å². The summed E-state index contributed by atoms with van der Waals surface area (Å²) >= 11 is 0. The van der Waals surface area contributed by atoms with E-state index < -0.39 is 0 Å². The summed E-state index contributed by atoms with van der Waals surface area (Å²) in [7, 11) is 1.91. The summed E-state index contributed by atoms with van der Waals surface area (Å²) in [6, 6.07) is 5.58. The van der Waals surface area contributed by atoms with Gasteiger partial charge in [0.25, 0.3) is 0 Å². The molecule has 2 N–H and O–H groups in total. The Morgan fingerprint density at radius 2 is 2.43 bits per heavy atom. The number of hydrogen-bond donors (Lipinski definition) is 2. The highest BCUT2D eigenvalue weighted by molar-refractivity contribution is 5.33. The molecule has 0 saturated heterocycles. The zero-order valence-electron chi connectivity index (χ0n) is 8.31. The van der Waals surface area contributed by atoms with Gasteiger partial charge in [0.15, 0.2) is 0 Å². The van der Waals surface area contributed by atoms with Crippen LogP contribution in [0.2, 0.25) is 0 Å². The first-order valence-electron chi connectivity index (χ1n) is 4.98. The van der Waals surface area contributed by atoms with Gasteiger partial charge in [-0.1, -0.05) is 12.1 Å².